The number of amides is 4. The van der Waals surface area contributed by atoms with E-state index < -0.39 is 23.3 Å². The highest BCUT2D eigenvalue weighted by Crippen LogP contribution is 2.33. The Morgan fingerprint density at radius 3 is 2.12 bits per heavy atom. The molecule has 0 radical (unpaired) electrons. The van der Waals surface area contributed by atoms with Gasteiger partial charge in [0.2, 0.25) is 11.8 Å². The molecule has 2 N–H and O–H groups in total. The van der Waals surface area contributed by atoms with Gasteiger partial charge in [-0.2, -0.15) is 0 Å². The van der Waals surface area contributed by atoms with Crippen LogP contribution < -0.4 is 10.6 Å². The van der Waals surface area contributed by atoms with Crippen molar-refractivity contribution in [1.82, 2.24) is 15.5 Å². The quantitative estimate of drug-likeness (QED) is 0.501. The van der Waals surface area contributed by atoms with Crippen molar-refractivity contribution in [3.8, 4) is 0 Å². The molecule has 6 nitrogen and oxygen atoms in total. The molecule has 0 aromatic heterocycles. The summed E-state index contributed by atoms with van der Waals surface area (Å²) in [6.07, 6.45) is 9.97. The second kappa shape index (κ2) is 9.16. The van der Waals surface area contributed by atoms with Crippen molar-refractivity contribution in [3.05, 3.63) is 0 Å². The number of likely N-dealkylation sites (tertiary alicyclic amines) is 1. The van der Waals surface area contributed by atoms with Crippen LogP contribution in [0.5, 0.6) is 0 Å². The van der Waals surface area contributed by atoms with Gasteiger partial charge in [-0.15, -0.1) is 0 Å². The number of hydrogen-bond donors (Lipinski definition) is 2. The average molecular weight is 337 g/mol. The number of carbonyl (C=O) groups is 3. The average Bonchev–Trinajstić information content (AvgIpc) is 2.57. The minimum Gasteiger partial charge on any atom is -0.303 e. The van der Waals surface area contributed by atoms with Gasteiger partial charge in [-0.05, 0) is 45.3 Å². The molecule has 2 aliphatic heterocycles. The van der Waals surface area contributed by atoms with Crippen molar-refractivity contribution in [3.63, 3.8) is 0 Å². The van der Waals surface area contributed by atoms with Crippen LogP contribution >= 0.6 is 0 Å². The Morgan fingerprint density at radius 2 is 1.50 bits per heavy atom. The van der Waals surface area contributed by atoms with Gasteiger partial charge in [-0.3, -0.25) is 20.2 Å². The van der Waals surface area contributed by atoms with Gasteiger partial charge in [0, 0.05) is 0 Å². The fourth-order valence-electron chi connectivity index (χ4n) is 3.72. The first-order chi connectivity index (χ1) is 11.6. The molecule has 0 aromatic carbocycles. The molecule has 0 aliphatic carbocycles. The zero-order valence-corrected chi connectivity index (χ0v) is 14.9. The van der Waals surface area contributed by atoms with Gasteiger partial charge in [0.1, 0.15) is 5.41 Å². The monoisotopic (exact) mass is 337 g/mol. The van der Waals surface area contributed by atoms with Gasteiger partial charge in [0.25, 0.3) is 0 Å². The van der Waals surface area contributed by atoms with Crippen molar-refractivity contribution < 1.29 is 14.4 Å². The summed E-state index contributed by atoms with van der Waals surface area (Å²) in [6, 6.07) is -0.690. The van der Waals surface area contributed by atoms with Gasteiger partial charge >= 0.3 is 6.03 Å². The smallest absolute Gasteiger partial charge is 0.303 e. The fraction of sp³-hybridized carbons (Fsp3) is 0.833. The predicted octanol–water partition coefficient (Wildman–Crippen LogP) is 2.58. The minimum atomic E-state index is -1.09. The van der Waals surface area contributed by atoms with E-state index in [1.54, 1.807) is 0 Å². The molecule has 6 heteroatoms. The molecule has 0 bridgehead atoms. The van der Waals surface area contributed by atoms with E-state index in [1.807, 2.05) is 0 Å². The summed E-state index contributed by atoms with van der Waals surface area (Å²) in [4.78, 5) is 38.8. The second-order valence-electron chi connectivity index (χ2n) is 7.14. The molecule has 2 aliphatic rings. The zero-order valence-electron chi connectivity index (χ0n) is 14.9. The lowest BCUT2D eigenvalue weighted by Gasteiger charge is -2.36. The summed E-state index contributed by atoms with van der Waals surface area (Å²) in [7, 11) is 0. The van der Waals surface area contributed by atoms with Gasteiger partial charge < -0.3 is 4.90 Å². The van der Waals surface area contributed by atoms with Crippen LogP contribution in [0.1, 0.15) is 71.1 Å². The largest absolute Gasteiger partial charge is 0.328 e. The van der Waals surface area contributed by atoms with E-state index in [9.17, 15) is 14.4 Å². The van der Waals surface area contributed by atoms with E-state index in [4.69, 9.17) is 0 Å². The predicted molar refractivity (Wildman–Crippen MR) is 92.4 cm³/mol. The summed E-state index contributed by atoms with van der Waals surface area (Å²) in [5.41, 5.74) is -1.09. The van der Waals surface area contributed by atoms with E-state index in [0.29, 0.717) is 12.8 Å². The standard InChI is InChI=1S/C18H31N3O3/c1-2-3-4-5-7-10-18(11-14-21-12-8-6-9-13-21)15(22)19-17(24)20-16(18)23/h2-14H2,1H3,(H2,19,20,22,23,24). The molecule has 2 fully saturated rings. The lowest BCUT2D eigenvalue weighted by atomic mass is 9.76. The Balaban J connectivity index is 1.98. The van der Waals surface area contributed by atoms with Crippen molar-refractivity contribution in [1.29, 1.82) is 0 Å². The maximum atomic E-state index is 12.5. The molecule has 2 rings (SSSR count). The van der Waals surface area contributed by atoms with Crippen molar-refractivity contribution in [2.24, 2.45) is 5.41 Å². The third-order valence-electron chi connectivity index (χ3n) is 5.33. The molecule has 0 aromatic rings. The van der Waals surface area contributed by atoms with E-state index >= 15 is 0 Å². The van der Waals surface area contributed by atoms with Crippen LogP contribution in [0.25, 0.3) is 0 Å². The number of rotatable bonds is 9. The molecule has 4 amide bonds. The highest BCUT2D eigenvalue weighted by molar-refractivity contribution is 6.19. The Bertz CT molecular complexity index is 438. The van der Waals surface area contributed by atoms with Crippen molar-refractivity contribution >= 4 is 17.8 Å². The molecule has 136 valence electrons. The van der Waals surface area contributed by atoms with Crippen LogP contribution in [0, 0.1) is 5.41 Å². The molecular weight excluding hydrogens is 306 g/mol. The number of imide groups is 2. The van der Waals surface area contributed by atoms with Crippen LogP contribution in [0.2, 0.25) is 0 Å². The van der Waals surface area contributed by atoms with E-state index in [2.05, 4.69) is 22.5 Å². The van der Waals surface area contributed by atoms with Gasteiger partial charge in [-0.1, -0.05) is 45.4 Å². The molecule has 0 spiro atoms. The minimum absolute atomic E-state index is 0.413. The van der Waals surface area contributed by atoms with Crippen molar-refractivity contribution in [2.45, 2.75) is 71.1 Å². The Kier molecular flexibility index (Phi) is 7.21. The van der Waals surface area contributed by atoms with Gasteiger partial charge in [0.15, 0.2) is 0 Å². The number of nitrogens with zero attached hydrogens (tertiary/aromatic N) is 1. The molecule has 0 unspecified atom stereocenters. The normalized spacial score (nSPS) is 21.5. The summed E-state index contributed by atoms with van der Waals surface area (Å²) in [5.74, 6) is -0.826. The molecular formula is C18H31N3O3. The summed E-state index contributed by atoms with van der Waals surface area (Å²) in [6.45, 7) is 4.97. The molecule has 0 atom stereocenters. The first-order valence-electron chi connectivity index (χ1n) is 9.48. The third-order valence-corrected chi connectivity index (χ3v) is 5.33. The number of hydrogen-bond acceptors (Lipinski definition) is 4. The van der Waals surface area contributed by atoms with E-state index in [-0.39, 0.29) is 0 Å². The number of carbonyl (C=O) groups excluding carboxylic acids is 3. The molecule has 2 saturated heterocycles. The second-order valence-corrected chi connectivity index (χ2v) is 7.14. The van der Waals surface area contributed by atoms with Crippen LogP contribution in [0.15, 0.2) is 0 Å². The van der Waals surface area contributed by atoms with Crippen LogP contribution in [-0.2, 0) is 9.59 Å². The zero-order chi connectivity index (χ0) is 17.4. The van der Waals surface area contributed by atoms with Crippen LogP contribution in [0.4, 0.5) is 4.79 Å². The topological polar surface area (TPSA) is 78.5 Å². The Hall–Kier alpha value is -1.43. The number of nitrogens with one attached hydrogen (secondary N) is 2. The molecule has 0 saturated carbocycles. The maximum absolute atomic E-state index is 12.5. The molecule has 2 heterocycles. The number of urea groups is 1. The number of barbiturate groups is 1. The van der Waals surface area contributed by atoms with Gasteiger partial charge in [-0.25, -0.2) is 4.79 Å². The Morgan fingerprint density at radius 1 is 0.875 bits per heavy atom. The summed E-state index contributed by atoms with van der Waals surface area (Å²) >= 11 is 0. The first-order valence-corrected chi connectivity index (χ1v) is 9.48. The number of piperidine rings is 1. The number of unbranched alkanes of at least 4 members (excludes halogenated alkanes) is 4. The lowest BCUT2D eigenvalue weighted by Crippen LogP contribution is -2.63. The van der Waals surface area contributed by atoms with E-state index in [1.165, 1.54) is 25.7 Å². The molecule has 24 heavy (non-hydrogen) atoms. The van der Waals surface area contributed by atoms with Crippen LogP contribution in [-0.4, -0.2) is 42.4 Å². The van der Waals surface area contributed by atoms with Gasteiger partial charge in [0.05, 0.1) is 0 Å². The highest BCUT2D eigenvalue weighted by atomic mass is 16.2. The highest BCUT2D eigenvalue weighted by Gasteiger charge is 2.49. The summed E-state index contributed by atoms with van der Waals surface area (Å²) < 4.78 is 0. The van der Waals surface area contributed by atoms with E-state index in [0.717, 1.165) is 45.3 Å². The Labute approximate surface area is 144 Å². The summed E-state index contributed by atoms with van der Waals surface area (Å²) in [5, 5.41) is 4.62. The maximum Gasteiger partial charge on any atom is 0.328 e. The fourth-order valence-corrected chi connectivity index (χ4v) is 3.72. The third kappa shape index (κ3) is 4.79. The SMILES string of the molecule is CCCCCCCC1(CCN2CCCCC2)C(=O)NC(=O)NC1=O. The van der Waals surface area contributed by atoms with Crippen LogP contribution in [0.3, 0.4) is 0 Å². The van der Waals surface area contributed by atoms with Crippen molar-refractivity contribution in [2.75, 3.05) is 19.6 Å². The lowest BCUT2D eigenvalue weighted by molar-refractivity contribution is -0.146. The first kappa shape index (κ1) is 18.9.